The van der Waals surface area contributed by atoms with E-state index in [1.54, 1.807) is 6.20 Å². The molecule has 3 heteroatoms. The highest BCUT2D eigenvalue weighted by Gasteiger charge is 2.11. The van der Waals surface area contributed by atoms with Crippen molar-refractivity contribution in [2.75, 3.05) is 5.73 Å². The number of nitrogens with zero attached hydrogens (tertiary/aromatic N) is 1. The molecule has 1 aromatic heterocycles. The first-order valence-electron chi connectivity index (χ1n) is 4.88. The van der Waals surface area contributed by atoms with E-state index in [4.69, 9.17) is 10.3 Å². The van der Waals surface area contributed by atoms with Gasteiger partial charge in [-0.15, -0.1) is 0 Å². The molecule has 1 heterocycles. The zero-order valence-electron chi connectivity index (χ0n) is 9.16. The second-order valence-corrected chi connectivity index (χ2v) is 3.86. The van der Waals surface area contributed by atoms with Gasteiger partial charge in [0.2, 0.25) is 5.88 Å². The van der Waals surface area contributed by atoms with Crippen LogP contribution in [0.3, 0.4) is 0 Å². The highest BCUT2D eigenvalue weighted by atomic mass is 16.5. The van der Waals surface area contributed by atoms with Crippen molar-refractivity contribution in [2.45, 2.75) is 20.8 Å². The van der Waals surface area contributed by atoms with Gasteiger partial charge in [-0.05, 0) is 37.5 Å². The zero-order chi connectivity index (χ0) is 11.0. The molecular weight excluding hydrogens is 188 g/mol. The van der Waals surface area contributed by atoms with E-state index in [0.29, 0.717) is 5.88 Å². The van der Waals surface area contributed by atoms with Crippen molar-refractivity contribution >= 4 is 5.88 Å². The molecule has 0 atom stereocenters. The van der Waals surface area contributed by atoms with E-state index < -0.39 is 0 Å². The zero-order valence-corrected chi connectivity index (χ0v) is 9.16. The van der Waals surface area contributed by atoms with Crippen molar-refractivity contribution in [3.63, 3.8) is 0 Å². The van der Waals surface area contributed by atoms with Crippen LogP contribution in [0.15, 0.2) is 22.9 Å². The van der Waals surface area contributed by atoms with Crippen LogP contribution in [0, 0.1) is 20.8 Å². The van der Waals surface area contributed by atoms with E-state index in [1.165, 1.54) is 16.7 Å². The minimum absolute atomic E-state index is 0.378. The maximum atomic E-state index is 5.71. The average molecular weight is 202 g/mol. The van der Waals surface area contributed by atoms with Gasteiger partial charge in [0.1, 0.15) is 0 Å². The van der Waals surface area contributed by atoms with E-state index in [1.807, 2.05) is 0 Å². The fourth-order valence-electron chi connectivity index (χ4n) is 1.77. The number of aromatic nitrogens is 1. The molecular formula is C12H14N2O. The largest absolute Gasteiger partial charge is 0.367 e. The van der Waals surface area contributed by atoms with Crippen LogP contribution in [-0.2, 0) is 0 Å². The lowest BCUT2D eigenvalue weighted by Crippen LogP contribution is -1.91. The first-order chi connectivity index (χ1) is 7.09. The second kappa shape index (κ2) is 3.42. The number of nitrogen functional groups attached to an aromatic ring is 1. The van der Waals surface area contributed by atoms with E-state index in [9.17, 15) is 0 Å². The summed E-state index contributed by atoms with van der Waals surface area (Å²) in [4.78, 5) is 0. The standard InChI is InChI=1S/C12H14N2O/c1-7-4-8(2)9(3)10(5-7)11-6-14-15-12(11)13/h4-6H,13H2,1-3H3. The molecule has 0 bridgehead atoms. The predicted molar refractivity (Wildman–Crippen MR) is 60.6 cm³/mol. The third-order valence-corrected chi connectivity index (χ3v) is 2.70. The fraction of sp³-hybridized carbons (Fsp3) is 0.250. The number of hydrogen-bond acceptors (Lipinski definition) is 3. The number of anilines is 1. The summed E-state index contributed by atoms with van der Waals surface area (Å²) >= 11 is 0. The van der Waals surface area contributed by atoms with E-state index in [2.05, 4.69) is 38.1 Å². The Morgan fingerprint density at radius 3 is 2.47 bits per heavy atom. The summed E-state index contributed by atoms with van der Waals surface area (Å²) in [7, 11) is 0. The molecule has 0 aliphatic carbocycles. The van der Waals surface area contributed by atoms with Gasteiger partial charge in [0.05, 0.1) is 11.8 Å². The van der Waals surface area contributed by atoms with Crippen molar-refractivity contribution in [2.24, 2.45) is 0 Å². The van der Waals surface area contributed by atoms with Crippen LogP contribution in [0.5, 0.6) is 0 Å². The first-order valence-corrected chi connectivity index (χ1v) is 4.88. The lowest BCUT2D eigenvalue weighted by Gasteiger charge is -2.08. The predicted octanol–water partition coefficient (Wildman–Crippen LogP) is 2.85. The van der Waals surface area contributed by atoms with E-state index >= 15 is 0 Å². The molecule has 0 aliphatic rings. The summed E-state index contributed by atoms with van der Waals surface area (Å²) in [6.45, 7) is 6.24. The summed E-state index contributed by atoms with van der Waals surface area (Å²) in [5.74, 6) is 0.378. The number of rotatable bonds is 1. The smallest absolute Gasteiger partial charge is 0.229 e. The van der Waals surface area contributed by atoms with Gasteiger partial charge in [0.25, 0.3) is 0 Å². The molecule has 0 fully saturated rings. The van der Waals surface area contributed by atoms with Crippen LogP contribution in [-0.4, -0.2) is 5.16 Å². The monoisotopic (exact) mass is 202 g/mol. The molecule has 78 valence electrons. The lowest BCUT2D eigenvalue weighted by atomic mass is 9.96. The maximum absolute atomic E-state index is 5.71. The molecule has 2 rings (SSSR count). The molecule has 3 nitrogen and oxygen atoms in total. The molecule has 2 N–H and O–H groups in total. The summed E-state index contributed by atoms with van der Waals surface area (Å²) < 4.78 is 4.88. The van der Waals surface area contributed by atoms with Crippen molar-refractivity contribution in [1.82, 2.24) is 5.16 Å². The molecule has 15 heavy (non-hydrogen) atoms. The third kappa shape index (κ3) is 1.61. The highest BCUT2D eigenvalue weighted by molar-refractivity contribution is 5.75. The van der Waals surface area contributed by atoms with Gasteiger partial charge in [-0.1, -0.05) is 22.9 Å². The number of nitrogens with two attached hydrogens (primary N) is 1. The van der Waals surface area contributed by atoms with Crippen molar-refractivity contribution in [3.05, 3.63) is 35.0 Å². The molecule has 0 spiro atoms. The summed E-state index contributed by atoms with van der Waals surface area (Å²) in [6.07, 6.45) is 1.66. The Morgan fingerprint density at radius 2 is 1.87 bits per heavy atom. The van der Waals surface area contributed by atoms with Gasteiger partial charge in [-0.2, -0.15) is 0 Å². The molecule has 1 aromatic carbocycles. The van der Waals surface area contributed by atoms with Crippen LogP contribution in [0.25, 0.3) is 11.1 Å². The molecule has 0 unspecified atom stereocenters. The quantitative estimate of drug-likeness (QED) is 0.773. The van der Waals surface area contributed by atoms with E-state index in [0.717, 1.165) is 11.1 Å². The minimum Gasteiger partial charge on any atom is -0.367 e. The highest BCUT2D eigenvalue weighted by Crippen LogP contribution is 2.30. The van der Waals surface area contributed by atoms with Crippen LogP contribution in [0.4, 0.5) is 5.88 Å². The van der Waals surface area contributed by atoms with Crippen LogP contribution < -0.4 is 5.73 Å². The molecule has 0 saturated carbocycles. The average Bonchev–Trinajstić information content (AvgIpc) is 2.58. The Hall–Kier alpha value is -1.77. The number of aryl methyl sites for hydroxylation is 2. The minimum atomic E-state index is 0.378. The van der Waals surface area contributed by atoms with Gasteiger partial charge in [0.15, 0.2) is 0 Å². The Labute approximate surface area is 88.9 Å². The number of benzene rings is 1. The molecule has 0 radical (unpaired) electrons. The Balaban J connectivity index is 2.68. The fourth-order valence-corrected chi connectivity index (χ4v) is 1.77. The molecule has 0 saturated heterocycles. The molecule has 0 aliphatic heterocycles. The maximum Gasteiger partial charge on any atom is 0.229 e. The molecule has 2 aromatic rings. The Morgan fingerprint density at radius 1 is 1.13 bits per heavy atom. The normalized spacial score (nSPS) is 10.6. The van der Waals surface area contributed by atoms with Gasteiger partial charge in [-0.3, -0.25) is 0 Å². The SMILES string of the molecule is Cc1cc(C)c(C)c(-c2cnoc2N)c1. The van der Waals surface area contributed by atoms with Gasteiger partial charge in [-0.25, -0.2) is 0 Å². The Kier molecular flexibility index (Phi) is 2.23. The topological polar surface area (TPSA) is 52.0 Å². The van der Waals surface area contributed by atoms with Crippen LogP contribution in [0.1, 0.15) is 16.7 Å². The van der Waals surface area contributed by atoms with E-state index in [-0.39, 0.29) is 0 Å². The van der Waals surface area contributed by atoms with Gasteiger partial charge in [0, 0.05) is 0 Å². The van der Waals surface area contributed by atoms with Crippen LogP contribution >= 0.6 is 0 Å². The van der Waals surface area contributed by atoms with Crippen LogP contribution in [0.2, 0.25) is 0 Å². The second-order valence-electron chi connectivity index (χ2n) is 3.86. The van der Waals surface area contributed by atoms with Crippen molar-refractivity contribution in [1.29, 1.82) is 0 Å². The van der Waals surface area contributed by atoms with Crippen molar-refractivity contribution in [3.8, 4) is 11.1 Å². The van der Waals surface area contributed by atoms with Crippen molar-refractivity contribution < 1.29 is 4.52 Å². The molecule has 0 amide bonds. The summed E-state index contributed by atoms with van der Waals surface area (Å²) in [5, 5.41) is 3.70. The summed E-state index contributed by atoms with van der Waals surface area (Å²) in [6, 6.07) is 4.26. The van der Waals surface area contributed by atoms with Gasteiger partial charge >= 0.3 is 0 Å². The summed E-state index contributed by atoms with van der Waals surface area (Å²) in [5.41, 5.74) is 11.4. The third-order valence-electron chi connectivity index (χ3n) is 2.70. The first kappa shape index (κ1) is 9.77. The number of hydrogen-bond donors (Lipinski definition) is 1. The lowest BCUT2D eigenvalue weighted by molar-refractivity contribution is 0.436. The Bertz CT molecular complexity index is 500. The van der Waals surface area contributed by atoms with Gasteiger partial charge < -0.3 is 10.3 Å².